The summed E-state index contributed by atoms with van der Waals surface area (Å²) < 4.78 is 12.7. The lowest BCUT2D eigenvalue weighted by Crippen LogP contribution is -1.99. The number of hydrogen-bond donors (Lipinski definition) is 0. The molecule has 31 heavy (non-hydrogen) atoms. The summed E-state index contributed by atoms with van der Waals surface area (Å²) in [5.74, 6) is 4.13. The van der Waals surface area contributed by atoms with Gasteiger partial charge >= 0.3 is 0 Å². The molecule has 0 unspecified atom stereocenters. The fourth-order valence-corrected chi connectivity index (χ4v) is 4.66. The van der Waals surface area contributed by atoms with Gasteiger partial charge in [0, 0.05) is 23.6 Å². The maximum Gasteiger partial charge on any atom is 0.226 e. The number of oxazole rings is 2. The van der Waals surface area contributed by atoms with Gasteiger partial charge in [0.15, 0.2) is 0 Å². The SMILES string of the molecule is CC(Cc1nc(-c2ccccc2)oc1C)=Nc1ncc(SCc2ncc(C(C)C)o2)s1. The van der Waals surface area contributed by atoms with Gasteiger partial charge in [0.1, 0.15) is 11.5 Å². The molecule has 0 saturated carbocycles. The molecule has 8 heteroatoms. The van der Waals surface area contributed by atoms with Gasteiger partial charge < -0.3 is 8.83 Å². The van der Waals surface area contributed by atoms with E-state index in [0.717, 1.165) is 43.7 Å². The lowest BCUT2D eigenvalue weighted by atomic mass is 10.2. The molecule has 0 aliphatic rings. The van der Waals surface area contributed by atoms with Gasteiger partial charge in [-0.3, -0.25) is 0 Å². The van der Waals surface area contributed by atoms with E-state index < -0.39 is 0 Å². The lowest BCUT2D eigenvalue weighted by Gasteiger charge is -1.97. The zero-order valence-electron chi connectivity index (χ0n) is 18.0. The Balaban J connectivity index is 1.38. The molecule has 4 rings (SSSR count). The van der Waals surface area contributed by atoms with Crippen LogP contribution in [0.15, 0.2) is 60.8 Å². The summed E-state index contributed by atoms with van der Waals surface area (Å²) in [6.45, 7) is 8.12. The monoisotopic (exact) mass is 452 g/mol. The molecule has 0 N–H and O–H groups in total. The molecule has 3 heterocycles. The smallest absolute Gasteiger partial charge is 0.226 e. The molecule has 0 amide bonds. The molecule has 0 radical (unpaired) electrons. The Morgan fingerprint density at radius 2 is 1.94 bits per heavy atom. The van der Waals surface area contributed by atoms with Crippen molar-refractivity contribution in [2.45, 2.75) is 50.0 Å². The third-order valence-electron chi connectivity index (χ3n) is 4.57. The normalized spacial score (nSPS) is 12.1. The average Bonchev–Trinajstić information content (AvgIpc) is 3.48. The number of rotatable bonds is 8. The van der Waals surface area contributed by atoms with Gasteiger partial charge in [-0.2, -0.15) is 0 Å². The third-order valence-corrected chi connectivity index (χ3v) is 6.64. The van der Waals surface area contributed by atoms with Gasteiger partial charge in [0.05, 0.1) is 28.0 Å². The summed E-state index contributed by atoms with van der Waals surface area (Å²) in [6.07, 6.45) is 4.28. The van der Waals surface area contributed by atoms with Crippen molar-refractivity contribution in [3.05, 3.63) is 65.8 Å². The molecular formula is C23H24N4O2S2. The Morgan fingerprint density at radius 3 is 2.68 bits per heavy atom. The number of aryl methyl sites for hydroxylation is 1. The number of benzene rings is 1. The maximum absolute atomic E-state index is 5.85. The van der Waals surface area contributed by atoms with Gasteiger partial charge in [-0.25, -0.2) is 19.9 Å². The van der Waals surface area contributed by atoms with Gasteiger partial charge in [0.25, 0.3) is 0 Å². The number of thiazole rings is 1. The molecule has 0 aliphatic carbocycles. The summed E-state index contributed by atoms with van der Waals surface area (Å²) >= 11 is 3.22. The summed E-state index contributed by atoms with van der Waals surface area (Å²) in [4.78, 5) is 18.1. The fraction of sp³-hybridized carbons (Fsp3) is 0.304. The highest BCUT2D eigenvalue weighted by atomic mass is 32.2. The largest absolute Gasteiger partial charge is 0.445 e. The number of nitrogens with zero attached hydrogens (tertiary/aromatic N) is 4. The van der Waals surface area contributed by atoms with Crippen LogP contribution in [-0.4, -0.2) is 20.7 Å². The van der Waals surface area contributed by atoms with Crippen LogP contribution < -0.4 is 0 Å². The summed E-state index contributed by atoms with van der Waals surface area (Å²) in [5.41, 5.74) is 2.81. The number of aliphatic imine (C=N–C) groups is 1. The van der Waals surface area contributed by atoms with Crippen LogP contribution in [-0.2, 0) is 12.2 Å². The average molecular weight is 453 g/mol. The van der Waals surface area contributed by atoms with Crippen molar-refractivity contribution < 1.29 is 8.83 Å². The van der Waals surface area contributed by atoms with Crippen LogP contribution in [0.2, 0.25) is 0 Å². The molecule has 0 fully saturated rings. The minimum Gasteiger partial charge on any atom is -0.445 e. The van der Waals surface area contributed by atoms with Crippen molar-refractivity contribution in [2.75, 3.05) is 0 Å². The van der Waals surface area contributed by atoms with E-state index in [-0.39, 0.29) is 0 Å². The third kappa shape index (κ3) is 5.51. The highest BCUT2D eigenvalue weighted by Crippen LogP contribution is 2.32. The van der Waals surface area contributed by atoms with Crippen LogP contribution in [0.25, 0.3) is 11.5 Å². The Hall–Kier alpha value is -2.71. The van der Waals surface area contributed by atoms with E-state index in [0.29, 0.717) is 24.0 Å². The first kappa shape index (κ1) is 21.5. The molecule has 0 saturated heterocycles. The minimum absolute atomic E-state index is 0.343. The van der Waals surface area contributed by atoms with E-state index in [1.807, 2.05) is 50.4 Å². The molecule has 4 aromatic rings. The van der Waals surface area contributed by atoms with Crippen LogP contribution >= 0.6 is 23.1 Å². The zero-order chi connectivity index (χ0) is 21.8. The van der Waals surface area contributed by atoms with E-state index in [4.69, 9.17) is 8.83 Å². The van der Waals surface area contributed by atoms with Gasteiger partial charge in [-0.1, -0.05) is 43.4 Å². The Labute approximate surface area is 189 Å². The molecule has 1 aromatic carbocycles. The van der Waals surface area contributed by atoms with Crippen LogP contribution in [0.3, 0.4) is 0 Å². The first-order valence-corrected chi connectivity index (χ1v) is 11.9. The second kappa shape index (κ2) is 9.62. The van der Waals surface area contributed by atoms with E-state index in [1.54, 1.807) is 29.3 Å². The quantitative estimate of drug-likeness (QED) is 0.215. The predicted octanol–water partition coefficient (Wildman–Crippen LogP) is 6.85. The first-order chi connectivity index (χ1) is 15.0. The summed E-state index contributed by atoms with van der Waals surface area (Å²) in [5, 5.41) is 0.736. The molecule has 160 valence electrons. The standard InChI is InChI=1S/C23H24N4O2S2/c1-14(2)19-11-24-20(29-19)13-30-21-12-25-23(31-21)26-15(3)10-18-16(4)28-22(27-18)17-8-6-5-7-9-17/h5-9,11-12,14H,10,13H2,1-4H3. The fourth-order valence-electron chi connectivity index (χ4n) is 2.90. The Kier molecular flexibility index (Phi) is 6.67. The van der Waals surface area contributed by atoms with Crippen LogP contribution in [0.1, 0.15) is 49.8 Å². The van der Waals surface area contributed by atoms with Gasteiger partial charge in [-0.05, 0) is 26.0 Å². The summed E-state index contributed by atoms with van der Waals surface area (Å²) in [7, 11) is 0. The number of hydrogen-bond acceptors (Lipinski definition) is 8. The highest BCUT2D eigenvalue weighted by Gasteiger charge is 2.13. The van der Waals surface area contributed by atoms with E-state index in [1.165, 1.54) is 0 Å². The summed E-state index contributed by atoms with van der Waals surface area (Å²) in [6, 6.07) is 9.92. The maximum atomic E-state index is 5.85. The van der Waals surface area contributed by atoms with Crippen LogP contribution in [0.4, 0.5) is 5.13 Å². The molecular weight excluding hydrogens is 428 g/mol. The molecule has 3 aromatic heterocycles. The van der Waals surface area contributed by atoms with E-state index >= 15 is 0 Å². The minimum atomic E-state index is 0.343. The van der Waals surface area contributed by atoms with Crippen molar-refractivity contribution >= 4 is 33.9 Å². The van der Waals surface area contributed by atoms with Crippen molar-refractivity contribution in [3.8, 4) is 11.5 Å². The molecule has 0 bridgehead atoms. The number of aromatic nitrogens is 3. The van der Waals surface area contributed by atoms with Gasteiger partial charge in [-0.15, -0.1) is 11.8 Å². The molecule has 6 nitrogen and oxygen atoms in total. The topological polar surface area (TPSA) is 77.3 Å². The van der Waals surface area contributed by atoms with Crippen molar-refractivity contribution in [1.29, 1.82) is 0 Å². The van der Waals surface area contributed by atoms with Crippen molar-refractivity contribution in [3.63, 3.8) is 0 Å². The molecule has 0 spiro atoms. The van der Waals surface area contributed by atoms with Crippen molar-refractivity contribution in [1.82, 2.24) is 15.0 Å². The molecule has 0 atom stereocenters. The lowest BCUT2D eigenvalue weighted by molar-refractivity contribution is 0.454. The second-order valence-corrected chi connectivity index (χ2v) is 9.76. The highest BCUT2D eigenvalue weighted by molar-refractivity contribution is 8.00. The number of thioether (sulfide) groups is 1. The van der Waals surface area contributed by atoms with Crippen LogP contribution in [0.5, 0.6) is 0 Å². The van der Waals surface area contributed by atoms with Crippen molar-refractivity contribution in [2.24, 2.45) is 4.99 Å². The molecule has 0 aliphatic heterocycles. The first-order valence-electron chi connectivity index (χ1n) is 10.1. The zero-order valence-corrected chi connectivity index (χ0v) is 19.6. The van der Waals surface area contributed by atoms with E-state index in [9.17, 15) is 0 Å². The van der Waals surface area contributed by atoms with Gasteiger partial charge in [0.2, 0.25) is 16.9 Å². The van der Waals surface area contributed by atoms with Crippen LogP contribution in [0, 0.1) is 6.92 Å². The second-order valence-electron chi connectivity index (χ2n) is 7.47. The Morgan fingerprint density at radius 1 is 1.13 bits per heavy atom. The predicted molar refractivity (Wildman–Crippen MR) is 125 cm³/mol. The Bertz CT molecular complexity index is 1180. The van der Waals surface area contributed by atoms with E-state index in [2.05, 4.69) is 33.8 Å².